The van der Waals surface area contributed by atoms with Crippen LogP contribution in [0.25, 0.3) is 0 Å². The summed E-state index contributed by atoms with van der Waals surface area (Å²) < 4.78 is 39.9. The van der Waals surface area contributed by atoms with Gasteiger partial charge in [0.2, 0.25) is 15.9 Å². The molecule has 2 aromatic rings. The molecule has 0 spiro atoms. The average Bonchev–Trinajstić information content (AvgIpc) is 3.49. The molecule has 0 bridgehead atoms. The summed E-state index contributed by atoms with van der Waals surface area (Å²) >= 11 is 0. The number of fused-ring (bicyclic) bond motifs is 1. The number of hydrogen-bond acceptors (Lipinski definition) is 8. The Morgan fingerprint density at radius 2 is 1.82 bits per heavy atom. The summed E-state index contributed by atoms with van der Waals surface area (Å²) in [4.78, 5) is 26.9. The summed E-state index contributed by atoms with van der Waals surface area (Å²) in [5.41, 5.74) is 4.39. The van der Waals surface area contributed by atoms with Gasteiger partial charge in [-0.3, -0.25) is 15.0 Å². The van der Waals surface area contributed by atoms with E-state index in [1.165, 1.54) is 15.4 Å². The first-order valence-corrected chi connectivity index (χ1v) is 17.2. The minimum absolute atomic E-state index is 0.0350. The van der Waals surface area contributed by atoms with E-state index in [1.54, 1.807) is 19.2 Å². The second-order valence-electron chi connectivity index (χ2n) is 12.1. The summed E-state index contributed by atoms with van der Waals surface area (Å²) in [6.07, 6.45) is 0.385. The number of hydrogen-bond donors (Lipinski definition) is 3. The third-order valence-corrected chi connectivity index (χ3v) is 9.65. The van der Waals surface area contributed by atoms with Crippen LogP contribution in [0.15, 0.2) is 53.4 Å². The lowest BCUT2D eigenvalue weighted by Gasteiger charge is -2.37. The summed E-state index contributed by atoms with van der Waals surface area (Å²) in [6, 6.07) is 13.2. The smallest absolute Gasteiger partial charge is 0.252 e. The molecule has 12 heteroatoms. The Hall–Kier alpha value is -3.03. The lowest BCUT2D eigenvalue weighted by molar-refractivity contribution is -0.148. The standard InChI is InChI=1S/C33H50N4O7S/c1-6-25(4)18-33(40)37(35-32(39)21-34-15-17-43-5)29(19-26-10-8-7-9-11-26)30(38)23-36(22-24(2)3)45(41,42)28-12-13-31-27(20-28)14-16-44-31/h7-13,20,24-25,29-30,34,38H,6,14-19,21-23H2,1-5H3,(H,35,39)/t25-,29?,30+/m0/s1. The van der Waals surface area contributed by atoms with E-state index in [0.717, 1.165) is 17.5 Å². The number of carbonyl (C=O) groups is 2. The van der Waals surface area contributed by atoms with Gasteiger partial charge in [0.05, 0.1) is 36.8 Å². The van der Waals surface area contributed by atoms with Crippen molar-refractivity contribution in [1.29, 1.82) is 0 Å². The molecule has 1 heterocycles. The monoisotopic (exact) mass is 646 g/mol. The number of aliphatic hydroxyl groups excluding tert-OH is 1. The van der Waals surface area contributed by atoms with Crippen molar-refractivity contribution in [3.8, 4) is 5.75 Å². The predicted octanol–water partition coefficient (Wildman–Crippen LogP) is 2.77. The first-order chi connectivity index (χ1) is 21.5. The molecule has 11 nitrogen and oxygen atoms in total. The first kappa shape index (κ1) is 36.4. The van der Waals surface area contributed by atoms with Crippen molar-refractivity contribution in [2.75, 3.05) is 46.5 Å². The third-order valence-electron chi connectivity index (χ3n) is 7.82. The number of carbonyl (C=O) groups excluding carboxylic acids is 2. The molecule has 0 aromatic heterocycles. The topological polar surface area (TPSA) is 138 Å². The number of aliphatic hydroxyl groups is 1. The molecule has 1 unspecified atom stereocenters. The van der Waals surface area contributed by atoms with Gasteiger partial charge in [-0.2, -0.15) is 4.31 Å². The van der Waals surface area contributed by atoms with Gasteiger partial charge < -0.3 is 19.9 Å². The molecule has 0 saturated carbocycles. The Balaban J connectivity index is 1.97. The maximum atomic E-state index is 14.0. The van der Waals surface area contributed by atoms with Crippen LogP contribution in [0.5, 0.6) is 5.75 Å². The fourth-order valence-electron chi connectivity index (χ4n) is 5.16. The van der Waals surface area contributed by atoms with Crippen LogP contribution >= 0.6 is 0 Å². The van der Waals surface area contributed by atoms with E-state index in [4.69, 9.17) is 9.47 Å². The van der Waals surface area contributed by atoms with Gasteiger partial charge in [-0.25, -0.2) is 13.4 Å². The van der Waals surface area contributed by atoms with Crippen LogP contribution in [-0.4, -0.2) is 93.3 Å². The molecule has 0 aliphatic carbocycles. The molecule has 3 rings (SSSR count). The van der Waals surface area contributed by atoms with E-state index >= 15 is 0 Å². The van der Waals surface area contributed by atoms with E-state index in [0.29, 0.717) is 31.9 Å². The second-order valence-corrected chi connectivity index (χ2v) is 14.0. The largest absolute Gasteiger partial charge is 0.493 e. The van der Waals surface area contributed by atoms with Crippen molar-refractivity contribution < 1.29 is 32.6 Å². The number of benzene rings is 2. The predicted molar refractivity (Wildman–Crippen MR) is 173 cm³/mol. The Kier molecular flexibility index (Phi) is 14.3. The van der Waals surface area contributed by atoms with Crippen LogP contribution < -0.4 is 15.5 Å². The zero-order valence-corrected chi connectivity index (χ0v) is 28.0. The van der Waals surface area contributed by atoms with Crippen LogP contribution in [0.4, 0.5) is 0 Å². The van der Waals surface area contributed by atoms with Crippen molar-refractivity contribution in [3.63, 3.8) is 0 Å². The van der Waals surface area contributed by atoms with Crippen LogP contribution in [0.3, 0.4) is 0 Å². The highest BCUT2D eigenvalue weighted by atomic mass is 32.2. The van der Waals surface area contributed by atoms with E-state index < -0.39 is 28.1 Å². The van der Waals surface area contributed by atoms with Crippen LogP contribution in [-0.2, 0) is 37.2 Å². The van der Waals surface area contributed by atoms with Crippen molar-refractivity contribution in [2.45, 2.75) is 70.4 Å². The van der Waals surface area contributed by atoms with Gasteiger partial charge in [-0.1, -0.05) is 64.4 Å². The van der Waals surface area contributed by atoms with Gasteiger partial charge in [-0.05, 0) is 47.6 Å². The SMILES string of the molecule is CC[C@H](C)CC(=O)N(NC(=O)CNCCOC)C(Cc1ccccc1)[C@H](O)CN(CC(C)C)S(=O)(=O)c1ccc2c(c1)CCO2. The maximum absolute atomic E-state index is 14.0. The molecule has 1 aliphatic rings. The van der Waals surface area contributed by atoms with Crippen molar-refractivity contribution in [1.82, 2.24) is 20.1 Å². The molecule has 3 atom stereocenters. The van der Waals surface area contributed by atoms with Crippen molar-refractivity contribution in [3.05, 3.63) is 59.7 Å². The highest BCUT2D eigenvalue weighted by Crippen LogP contribution is 2.29. The minimum Gasteiger partial charge on any atom is -0.493 e. The number of amides is 2. The number of ether oxygens (including phenoxy) is 2. The number of rotatable bonds is 18. The minimum atomic E-state index is -4.02. The van der Waals surface area contributed by atoms with Crippen LogP contribution in [0.2, 0.25) is 0 Å². The molecule has 1 aliphatic heterocycles. The zero-order valence-electron chi connectivity index (χ0n) is 27.2. The van der Waals surface area contributed by atoms with Gasteiger partial charge >= 0.3 is 0 Å². The Labute approximate surface area is 268 Å². The van der Waals surface area contributed by atoms with Gasteiger partial charge in [0, 0.05) is 39.6 Å². The summed E-state index contributed by atoms with van der Waals surface area (Å²) in [7, 11) is -2.46. The van der Waals surface area contributed by atoms with Gasteiger partial charge in [0.25, 0.3) is 5.91 Å². The maximum Gasteiger partial charge on any atom is 0.252 e. The van der Waals surface area contributed by atoms with Crippen LogP contribution in [0.1, 0.15) is 51.7 Å². The number of hydrazine groups is 1. The molecule has 0 saturated heterocycles. The molecule has 45 heavy (non-hydrogen) atoms. The number of sulfonamides is 1. The fraction of sp³-hybridized carbons (Fsp3) is 0.576. The molecule has 2 aromatic carbocycles. The van der Waals surface area contributed by atoms with Crippen LogP contribution in [0, 0.1) is 11.8 Å². The lowest BCUT2D eigenvalue weighted by atomic mass is 9.98. The Bertz CT molecular complexity index is 1340. The zero-order chi connectivity index (χ0) is 33.0. The Morgan fingerprint density at radius 3 is 2.49 bits per heavy atom. The van der Waals surface area contributed by atoms with Gasteiger partial charge in [0.15, 0.2) is 0 Å². The third kappa shape index (κ3) is 10.8. The molecule has 0 radical (unpaired) electrons. The van der Waals surface area contributed by atoms with Gasteiger partial charge in [-0.15, -0.1) is 0 Å². The van der Waals surface area contributed by atoms with Crippen molar-refractivity contribution in [2.24, 2.45) is 11.8 Å². The fourth-order valence-corrected chi connectivity index (χ4v) is 6.83. The highest BCUT2D eigenvalue weighted by Gasteiger charge is 2.36. The molecular weight excluding hydrogens is 596 g/mol. The van der Waals surface area contributed by atoms with Crippen molar-refractivity contribution >= 4 is 21.8 Å². The summed E-state index contributed by atoms with van der Waals surface area (Å²) in [5.74, 6) is -0.145. The molecule has 250 valence electrons. The van der Waals surface area contributed by atoms with E-state index in [9.17, 15) is 23.1 Å². The Morgan fingerprint density at radius 1 is 1.09 bits per heavy atom. The normalized spacial score (nSPS) is 14.9. The lowest BCUT2D eigenvalue weighted by Crippen LogP contribution is -2.60. The second kappa shape index (κ2) is 17.6. The summed E-state index contributed by atoms with van der Waals surface area (Å²) in [6.45, 7) is 8.92. The summed E-state index contributed by atoms with van der Waals surface area (Å²) in [5, 5.41) is 16.1. The quantitative estimate of drug-likeness (QED) is 0.166. The number of nitrogens with one attached hydrogen (secondary N) is 2. The average molecular weight is 647 g/mol. The van der Waals surface area contributed by atoms with Gasteiger partial charge in [0.1, 0.15) is 5.75 Å². The number of methoxy groups -OCH3 is 1. The molecule has 2 amide bonds. The van der Waals surface area contributed by atoms with E-state index in [1.807, 2.05) is 58.0 Å². The molecular formula is C33H50N4O7S. The highest BCUT2D eigenvalue weighted by molar-refractivity contribution is 7.89. The van der Waals surface area contributed by atoms with E-state index in [-0.39, 0.29) is 55.1 Å². The first-order valence-electron chi connectivity index (χ1n) is 15.7. The molecule has 3 N–H and O–H groups in total. The number of nitrogens with zero attached hydrogens (tertiary/aromatic N) is 2. The van der Waals surface area contributed by atoms with E-state index in [2.05, 4.69) is 10.7 Å². The molecule has 0 fully saturated rings.